The second-order valence-electron chi connectivity index (χ2n) is 15.5. The van der Waals surface area contributed by atoms with Gasteiger partial charge in [-0.3, -0.25) is 23.9 Å². The van der Waals surface area contributed by atoms with Gasteiger partial charge in [-0.25, -0.2) is 4.98 Å². The van der Waals surface area contributed by atoms with Crippen molar-refractivity contribution in [1.29, 1.82) is 0 Å². The molecule has 60 heavy (non-hydrogen) atoms. The molecule has 3 aromatic heterocycles. The molecule has 14 nitrogen and oxygen atoms in total. The molecule has 1 unspecified atom stereocenters. The number of aryl methyl sites for hydroxylation is 2. The summed E-state index contributed by atoms with van der Waals surface area (Å²) in [5.41, 5.74) is 6.73. The summed E-state index contributed by atoms with van der Waals surface area (Å²) in [6.45, 7) is 12.3. The molecule has 1 atom stereocenters. The number of aromatic nitrogens is 4. The second-order valence-corrected chi connectivity index (χ2v) is 17.1. The highest BCUT2D eigenvalue weighted by Crippen LogP contribution is 2.42. The lowest BCUT2D eigenvalue weighted by Gasteiger charge is -2.35. The van der Waals surface area contributed by atoms with Gasteiger partial charge in [0.1, 0.15) is 22.2 Å². The molecule has 3 aliphatic heterocycles. The summed E-state index contributed by atoms with van der Waals surface area (Å²) in [5, 5.41) is 16.4. The highest BCUT2D eigenvalue weighted by atomic mass is 35.5. The van der Waals surface area contributed by atoms with Crippen molar-refractivity contribution < 1.29 is 23.9 Å². The number of pyridine rings is 1. The molecule has 5 aromatic rings. The molecule has 312 valence electrons. The Morgan fingerprint density at radius 2 is 1.65 bits per heavy atom. The van der Waals surface area contributed by atoms with Gasteiger partial charge >= 0.3 is 0 Å². The Balaban J connectivity index is 0.746. The minimum absolute atomic E-state index is 0.0201. The summed E-state index contributed by atoms with van der Waals surface area (Å²) >= 11 is 7.92. The molecule has 2 aromatic carbocycles. The van der Waals surface area contributed by atoms with E-state index in [1.165, 1.54) is 4.88 Å². The van der Waals surface area contributed by atoms with Crippen molar-refractivity contribution in [2.45, 2.75) is 52.5 Å². The average Bonchev–Trinajstić information content (AvgIpc) is 3.90. The van der Waals surface area contributed by atoms with E-state index in [1.807, 2.05) is 84.1 Å². The molecule has 2 N–H and O–H groups in total. The fourth-order valence-electron chi connectivity index (χ4n) is 7.90. The topological polar surface area (TPSA) is 156 Å². The molecule has 8 rings (SSSR count). The number of hydrogen-bond donors (Lipinski definition) is 2. The number of rotatable bonds is 14. The number of halogens is 1. The Morgan fingerprint density at radius 3 is 2.40 bits per heavy atom. The van der Waals surface area contributed by atoms with Crippen LogP contribution in [0.5, 0.6) is 0 Å². The molecule has 1 saturated heterocycles. The lowest BCUT2D eigenvalue weighted by molar-refractivity contribution is -0.132. The Kier molecular flexibility index (Phi) is 12.1. The summed E-state index contributed by atoms with van der Waals surface area (Å²) in [6.07, 6.45) is 2.62. The van der Waals surface area contributed by atoms with Crippen LogP contribution in [0, 0.1) is 20.8 Å². The first-order chi connectivity index (χ1) is 29.0. The number of carbonyl (C=O) groups is 3. The number of aliphatic imine (C=N–C) groups is 1. The Morgan fingerprint density at radius 1 is 0.917 bits per heavy atom. The number of anilines is 2. The SMILES string of the molecule is Cc1sc2c(c1C)C(c1ccc(Cl)cc1)=NC(C)(CC(=O)NCCOCCOCCC(=O)N1CCN(c3ccc(-c4ccc5c(c4)CC(=O)N5)cn3)CC1)c1nnc(C)n1-2. The number of nitrogens with one attached hydrogen (secondary N) is 2. The van der Waals surface area contributed by atoms with Crippen LogP contribution in [-0.2, 0) is 35.8 Å². The van der Waals surface area contributed by atoms with Crippen molar-refractivity contribution in [3.63, 3.8) is 0 Å². The largest absolute Gasteiger partial charge is 0.379 e. The van der Waals surface area contributed by atoms with E-state index in [0.717, 1.165) is 61.4 Å². The number of nitrogens with zero attached hydrogens (tertiary/aromatic N) is 7. The molecule has 0 saturated carbocycles. The van der Waals surface area contributed by atoms with Gasteiger partial charge in [0.25, 0.3) is 0 Å². The quantitative estimate of drug-likeness (QED) is 0.132. The lowest BCUT2D eigenvalue weighted by atomic mass is 9.95. The normalized spacial score (nSPS) is 17.1. The third-order valence-corrected chi connectivity index (χ3v) is 12.7. The number of hydrogen-bond acceptors (Lipinski definition) is 11. The summed E-state index contributed by atoms with van der Waals surface area (Å²) in [7, 11) is 0. The maximum absolute atomic E-state index is 13.4. The maximum Gasteiger partial charge on any atom is 0.228 e. The standard InChI is InChI=1S/C44H48ClN9O5S/c1-27-28(2)60-42-40(27)41(30-5-9-34(45)10-6-30)49-44(4,43-51-50-29(3)54(42)43)25-38(56)46-14-20-59-22-21-58-19-13-39(57)53-17-15-52(16-18-53)36-12-8-32(26-47-36)31-7-11-35-33(23-31)24-37(55)48-35/h5-12,23,26H,13-22,24-25H2,1-4H3,(H,46,56)(H,48,55). The first-order valence-electron chi connectivity index (χ1n) is 20.2. The monoisotopic (exact) mass is 849 g/mol. The van der Waals surface area contributed by atoms with Gasteiger partial charge in [0.15, 0.2) is 5.82 Å². The molecule has 0 bridgehead atoms. The first kappa shape index (κ1) is 41.3. The molecule has 0 radical (unpaired) electrons. The van der Waals surface area contributed by atoms with E-state index in [1.54, 1.807) is 11.3 Å². The minimum Gasteiger partial charge on any atom is -0.379 e. The predicted molar refractivity (Wildman–Crippen MR) is 233 cm³/mol. The van der Waals surface area contributed by atoms with Gasteiger partial charge in [0.05, 0.1) is 51.4 Å². The molecule has 0 aliphatic carbocycles. The van der Waals surface area contributed by atoms with Crippen molar-refractivity contribution in [1.82, 2.24) is 30.0 Å². The van der Waals surface area contributed by atoms with Gasteiger partial charge < -0.3 is 29.9 Å². The summed E-state index contributed by atoms with van der Waals surface area (Å²) in [6, 6.07) is 17.7. The van der Waals surface area contributed by atoms with Crippen molar-refractivity contribution in [2.75, 3.05) is 69.4 Å². The van der Waals surface area contributed by atoms with Crippen LogP contribution in [0.4, 0.5) is 11.5 Å². The van der Waals surface area contributed by atoms with E-state index in [4.69, 9.17) is 31.1 Å². The highest BCUT2D eigenvalue weighted by Gasteiger charge is 2.40. The van der Waals surface area contributed by atoms with Gasteiger partial charge in [-0.05, 0) is 80.8 Å². The zero-order valence-electron chi connectivity index (χ0n) is 34.2. The minimum atomic E-state index is -1.00. The summed E-state index contributed by atoms with van der Waals surface area (Å²) in [4.78, 5) is 53.3. The molecule has 6 heterocycles. The first-order valence-corrected chi connectivity index (χ1v) is 21.4. The van der Waals surface area contributed by atoms with E-state index in [2.05, 4.69) is 39.6 Å². The zero-order chi connectivity index (χ0) is 42.0. The van der Waals surface area contributed by atoms with Crippen LogP contribution in [0.3, 0.4) is 0 Å². The van der Waals surface area contributed by atoms with Crippen LogP contribution in [0.1, 0.15) is 58.5 Å². The summed E-state index contributed by atoms with van der Waals surface area (Å²) in [5.74, 6) is 2.12. The fraction of sp³-hybridized carbons (Fsp3) is 0.386. The van der Waals surface area contributed by atoms with Crippen LogP contribution in [0.2, 0.25) is 5.02 Å². The third kappa shape index (κ3) is 8.71. The van der Waals surface area contributed by atoms with Crippen molar-refractivity contribution in [3.8, 4) is 16.1 Å². The van der Waals surface area contributed by atoms with Crippen LogP contribution < -0.4 is 15.5 Å². The van der Waals surface area contributed by atoms with E-state index in [0.29, 0.717) is 82.8 Å². The molecular weight excluding hydrogens is 802 g/mol. The van der Waals surface area contributed by atoms with Crippen LogP contribution in [-0.4, -0.2) is 107 Å². The van der Waals surface area contributed by atoms with Gasteiger partial charge in [-0.2, -0.15) is 0 Å². The third-order valence-electron chi connectivity index (χ3n) is 11.3. The van der Waals surface area contributed by atoms with Gasteiger partial charge in [0, 0.05) is 71.2 Å². The Hall–Kier alpha value is -5.48. The van der Waals surface area contributed by atoms with E-state index < -0.39 is 5.54 Å². The number of ether oxygens (including phenoxy) is 2. The lowest BCUT2D eigenvalue weighted by Crippen LogP contribution is -2.49. The molecular formula is C44H48ClN9O5S. The second kappa shape index (κ2) is 17.6. The number of amides is 3. The molecule has 3 amide bonds. The van der Waals surface area contributed by atoms with Crippen molar-refractivity contribution in [2.24, 2.45) is 4.99 Å². The fourth-order valence-corrected chi connectivity index (χ4v) is 9.24. The number of benzene rings is 2. The smallest absolute Gasteiger partial charge is 0.228 e. The van der Waals surface area contributed by atoms with Crippen LogP contribution >= 0.6 is 22.9 Å². The molecule has 16 heteroatoms. The Labute approximate surface area is 358 Å². The van der Waals surface area contributed by atoms with E-state index in [-0.39, 0.29) is 24.1 Å². The summed E-state index contributed by atoms with van der Waals surface area (Å²) < 4.78 is 13.5. The van der Waals surface area contributed by atoms with E-state index >= 15 is 0 Å². The van der Waals surface area contributed by atoms with Gasteiger partial charge in [0.2, 0.25) is 17.7 Å². The molecule has 3 aliphatic rings. The van der Waals surface area contributed by atoms with Crippen molar-refractivity contribution in [3.05, 3.63) is 105 Å². The number of fused-ring (bicyclic) bond motifs is 4. The van der Waals surface area contributed by atoms with Crippen molar-refractivity contribution >= 4 is 57.9 Å². The molecule has 0 spiro atoms. The Bertz CT molecular complexity index is 2440. The zero-order valence-corrected chi connectivity index (χ0v) is 35.8. The maximum atomic E-state index is 13.4. The van der Waals surface area contributed by atoms with Gasteiger partial charge in [-0.1, -0.05) is 29.8 Å². The highest BCUT2D eigenvalue weighted by molar-refractivity contribution is 7.15. The number of thiophene rings is 1. The predicted octanol–water partition coefficient (Wildman–Crippen LogP) is 5.81. The molecule has 1 fully saturated rings. The van der Waals surface area contributed by atoms with E-state index in [9.17, 15) is 14.4 Å². The van der Waals surface area contributed by atoms with Crippen LogP contribution in [0.25, 0.3) is 16.1 Å². The van der Waals surface area contributed by atoms with Crippen LogP contribution in [0.15, 0.2) is 65.8 Å². The van der Waals surface area contributed by atoms with Gasteiger partial charge in [-0.15, -0.1) is 21.5 Å². The average molecular weight is 850 g/mol. The number of carbonyl (C=O) groups excluding carboxylic acids is 3. The number of piperazine rings is 1.